The Hall–Kier alpha value is -1.31. The van der Waals surface area contributed by atoms with Crippen LogP contribution in [0.25, 0.3) is 0 Å². The van der Waals surface area contributed by atoms with Crippen LogP contribution in [-0.4, -0.2) is 12.5 Å². The molecule has 2 unspecified atom stereocenters. The van der Waals surface area contributed by atoms with Crippen LogP contribution < -0.4 is 5.32 Å². The second-order valence-corrected chi connectivity index (χ2v) is 3.97. The Morgan fingerprint density at radius 1 is 1.36 bits per heavy atom. The van der Waals surface area contributed by atoms with Gasteiger partial charge < -0.3 is 5.32 Å². The minimum Gasteiger partial charge on any atom is -0.356 e. The Morgan fingerprint density at radius 2 is 2.07 bits per heavy atom. The summed E-state index contributed by atoms with van der Waals surface area (Å²) >= 11 is 0. The Morgan fingerprint density at radius 3 is 2.64 bits per heavy atom. The molecule has 2 atom stereocenters. The summed E-state index contributed by atoms with van der Waals surface area (Å²) in [4.78, 5) is 11.1. The van der Waals surface area contributed by atoms with E-state index in [1.54, 1.807) is 0 Å². The molecule has 0 bridgehead atoms. The largest absolute Gasteiger partial charge is 0.356 e. The van der Waals surface area contributed by atoms with Crippen LogP contribution in [0.2, 0.25) is 0 Å². The van der Waals surface area contributed by atoms with Crippen molar-refractivity contribution in [3.05, 3.63) is 35.9 Å². The van der Waals surface area contributed by atoms with Crippen LogP contribution in [0.1, 0.15) is 24.8 Å². The van der Waals surface area contributed by atoms with E-state index < -0.39 is 0 Å². The number of hydrogen-bond acceptors (Lipinski definition) is 1. The fraction of sp³-hybridized carbons (Fsp3) is 0.417. The molecule has 1 saturated heterocycles. The van der Waals surface area contributed by atoms with Gasteiger partial charge in [0.05, 0.1) is 0 Å². The lowest BCUT2D eigenvalue weighted by molar-refractivity contribution is -0.119. The Kier molecular flexibility index (Phi) is 2.53. The fourth-order valence-electron chi connectivity index (χ4n) is 2.01. The third-order valence-electron chi connectivity index (χ3n) is 3.04. The van der Waals surface area contributed by atoms with Crippen LogP contribution in [0.4, 0.5) is 0 Å². The highest BCUT2D eigenvalue weighted by Gasteiger charge is 2.27. The first-order valence-corrected chi connectivity index (χ1v) is 5.09. The highest BCUT2D eigenvalue weighted by molar-refractivity contribution is 5.78. The molecule has 0 spiro atoms. The molecule has 74 valence electrons. The van der Waals surface area contributed by atoms with Crippen LogP contribution >= 0.6 is 0 Å². The number of amides is 1. The maximum absolute atomic E-state index is 11.1. The van der Waals surface area contributed by atoms with Crippen molar-refractivity contribution >= 4 is 5.91 Å². The maximum Gasteiger partial charge on any atom is 0.220 e. The molecule has 1 aliphatic heterocycles. The van der Waals surface area contributed by atoms with Gasteiger partial charge in [0.1, 0.15) is 0 Å². The van der Waals surface area contributed by atoms with E-state index in [1.807, 2.05) is 6.07 Å². The van der Waals surface area contributed by atoms with Crippen molar-refractivity contribution < 1.29 is 4.79 Å². The molecular weight excluding hydrogens is 174 g/mol. The zero-order chi connectivity index (χ0) is 9.97. The topological polar surface area (TPSA) is 29.1 Å². The predicted molar refractivity (Wildman–Crippen MR) is 56.0 cm³/mol. The summed E-state index contributed by atoms with van der Waals surface area (Å²) in [6.07, 6.45) is 0.677. The molecule has 2 rings (SSSR count). The van der Waals surface area contributed by atoms with Gasteiger partial charge in [-0.25, -0.2) is 0 Å². The van der Waals surface area contributed by atoms with E-state index in [9.17, 15) is 4.79 Å². The molecule has 0 aliphatic carbocycles. The third-order valence-corrected chi connectivity index (χ3v) is 3.04. The monoisotopic (exact) mass is 189 g/mol. The summed E-state index contributed by atoms with van der Waals surface area (Å²) in [6, 6.07) is 10.4. The molecule has 1 amide bonds. The van der Waals surface area contributed by atoms with E-state index in [2.05, 4.69) is 36.5 Å². The van der Waals surface area contributed by atoms with Crippen LogP contribution in [0.15, 0.2) is 30.3 Å². The summed E-state index contributed by atoms with van der Waals surface area (Å²) in [6.45, 7) is 3.02. The summed E-state index contributed by atoms with van der Waals surface area (Å²) in [5.41, 5.74) is 1.33. The number of carbonyl (C=O) groups is 1. The van der Waals surface area contributed by atoms with Gasteiger partial charge in [0.2, 0.25) is 5.91 Å². The van der Waals surface area contributed by atoms with Crippen LogP contribution in [0.5, 0.6) is 0 Å². The van der Waals surface area contributed by atoms with E-state index in [4.69, 9.17) is 0 Å². The smallest absolute Gasteiger partial charge is 0.220 e. The summed E-state index contributed by atoms with van der Waals surface area (Å²) in [5, 5.41) is 2.88. The predicted octanol–water partition coefficient (Wildman–Crippen LogP) is 1.93. The molecule has 0 saturated carbocycles. The van der Waals surface area contributed by atoms with Gasteiger partial charge in [-0.05, 0) is 17.4 Å². The molecule has 14 heavy (non-hydrogen) atoms. The maximum atomic E-state index is 11.1. The van der Waals surface area contributed by atoms with Crippen molar-refractivity contribution in [1.29, 1.82) is 0 Å². The van der Waals surface area contributed by atoms with Crippen molar-refractivity contribution in [2.45, 2.75) is 19.3 Å². The molecule has 0 aromatic heterocycles. The lowest BCUT2D eigenvalue weighted by Crippen LogP contribution is -2.15. The lowest BCUT2D eigenvalue weighted by atomic mass is 9.87. The van der Waals surface area contributed by atoms with Crippen molar-refractivity contribution in [2.75, 3.05) is 6.54 Å². The molecule has 0 radical (unpaired) electrons. The molecular formula is C12H15NO. The zero-order valence-electron chi connectivity index (χ0n) is 8.36. The lowest BCUT2D eigenvalue weighted by Gasteiger charge is -2.17. The molecule has 1 aromatic carbocycles. The van der Waals surface area contributed by atoms with Gasteiger partial charge in [-0.1, -0.05) is 37.3 Å². The number of hydrogen-bond donors (Lipinski definition) is 1. The van der Waals surface area contributed by atoms with Crippen molar-refractivity contribution in [3.8, 4) is 0 Å². The Balaban J connectivity index is 2.09. The molecule has 1 aromatic rings. The second-order valence-electron chi connectivity index (χ2n) is 3.97. The molecule has 1 N–H and O–H groups in total. The van der Waals surface area contributed by atoms with Gasteiger partial charge in [-0.2, -0.15) is 0 Å². The third kappa shape index (κ3) is 1.79. The number of carbonyl (C=O) groups excluding carboxylic acids is 1. The van der Waals surface area contributed by atoms with E-state index in [0.717, 1.165) is 6.54 Å². The quantitative estimate of drug-likeness (QED) is 0.756. The van der Waals surface area contributed by atoms with Gasteiger partial charge in [0.15, 0.2) is 0 Å². The van der Waals surface area contributed by atoms with E-state index >= 15 is 0 Å². The minimum atomic E-state index is 0.192. The number of benzene rings is 1. The fourth-order valence-corrected chi connectivity index (χ4v) is 2.01. The molecule has 1 fully saturated rings. The molecule has 2 nitrogen and oxygen atoms in total. The SMILES string of the molecule is CC(c1ccccc1)C1CNC(=O)C1. The highest BCUT2D eigenvalue weighted by Crippen LogP contribution is 2.28. The first-order valence-electron chi connectivity index (χ1n) is 5.09. The second kappa shape index (κ2) is 3.82. The van der Waals surface area contributed by atoms with Crippen molar-refractivity contribution in [2.24, 2.45) is 5.92 Å². The van der Waals surface area contributed by atoms with Gasteiger partial charge in [0.25, 0.3) is 0 Å². The van der Waals surface area contributed by atoms with Crippen molar-refractivity contribution in [3.63, 3.8) is 0 Å². The first-order chi connectivity index (χ1) is 6.77. The van der Waals surface area contributed by atoms with E-state index in [1.165, 1.54) is 5.56 Å². The minimum absolute atomic E-state index is 0.192. The van der Waals surface area contributed by atoms with Crippen LogP contribution in [-0.2, 0) is 4.79 Å². The van der Waals surface area contributed by atoms with E-state index in [0.29, 0.717) is 18.3 Å². The van der Waals surface area contributed by atoms with Gasteiger partial charge in [0, 0.05) is 13.0 Å². The van der Waals surface area contributed by atoms with Crippen molar-refractivity contribution in [1.82, 2.24) is 5.32 Å². The number of rotatable bonds is 2. The van der Waals surface area contributed by atoms with E-state index in [-0.39, 0.29) is 5.91 Å². The summed E-state index contributed by atoms with van der Waals surface area (Å²) < 4.78 is 0. The van der Waals surface area contributed by atoms with Gasteiger partial charge >= 0.3 is 0 Å². The highest BCUT2D eigenvalue weighted by atomic mass is 16.1. The Bertz CT molecular complexity index is 320. The first kappa shape index (κ1) is 9.25. The molecule has 2 heteroatoms. The number of nitrogens with one attached hydrogen (secondary N) is 1. The average molecular weight is 189 g/mol. The summed E-state index contributed by atoms with van der Waals surface area (Å²) in [5.74, 6) is 1.12. The normalized spacial score (nSPS) is 23.2. The molecule has 1 aliphatic rings. The standard InChI is InChI=1S/C12H15NO/c1-9(10-5-3-2-4-6-10)11-7-12(14)13-8-11/h2-6,9,11H,7-8H2,1H3,(H,13,14). The average Bonchev–Trinajstić information content (AvgIpc) is 2.65. The molecule has 1 heterocycles. The van der Waals surface area contributed by atoms with Gasteiger partial charge in [-0.15, -0.1) is 0 Å². The Labute approximate surface area is 84.3 Å². The van der Waals surface area contributed by atoms with Crippen LogP contribution in [0, 0.1) is 5.92 Å². The summed E-state index contributed by atoms with van der Waals surface area (Å²) in [7, 11) is 0. The van der Waals surface area contributed by atoms with Gasteiger partial charge in [-0.3, -0.25) is 4.79 Å². The zero-order valence-corrected chi connectivity index (χ0v) is 8.36. The van der Waals surface area contributed by atoms with Crippen LogP contribution in [0.3, 0.4) is 0 Å².